The summed E-state index contributed by atoms with van der Waals surface area (Å²) in [5, 5.41) is 8.23. The summed E-state index contributed by atoms with van der Waals surface area (Å²) >= 11 is 3.46. The fourth-order valence-corrected chi connectivity index (χ4v) is 4.60. The van der Waals surface area contributed by atoms with Crippen LogP contribution in [0.1, 0.15) is 70.3 Å². The summed E-state index contributed by atoms with van der Waals surface area (Å²) in [6.45, 7) is 2.09. The number of hydrogen-bond donors (Lipinski definition) is 0. The summed E-state index contributed by atoms with van der Waals surface area (Å²) in [6, 6.07) is 3.19. The Kier molecular flexibility index (Phi) is 11.0. The average molecular weight is 567 g/mol. The molecule has 196 valence electrons. The van der Waals surface area contributed by atoms with Crippen LogP contribution in [0.15, 0.2) is 43.5 Å². The van der Waals surface area contributed by atoms with Crippen molar-refractivity contribution < 1.29 is 18.3 Å². The molecular formula is C25H33BrF2N6O2. The van der Waals surface area contributed by atoms with Gasteiger partial charge in [0.1, 0.15) is 41.8 Å². The molecule has 3 aromatic rings. The second-order valence-electron chi connectivity index (χ2n) is 8.96. The van der Waals surface area contributed by atoms with Crippen molar-refractivity contribution in [3.63, 3.8) is 0 Å². The lowest BCUT2D eigenvalue weighted by Crippen LogP contribution is -2.43. The number of carbonyl (C=O) groups excluding carboxylic acids is 1. The summed E-state index contributed by atoms with van der Waals surface area (Å²) in [5.74, 6) is -2.11. The molecule has 36 heavy (non-hydrogen) atoms. The maximum absolute atomic E-state index is 15.1. The van der Waals surface area contributed by atoms with Crippen LogP contribution in [0.2, 0.25) is 0 Å². The Morgan fingerprint density at radius 3 is 2.08 bits per heavy atom. The van der Waals surface area contributed by atoms with E-state index in [0.717, 1.165) is 31.4 Å². The first-order valence-electron chi connectivity index (χ1n) is 12.4. The molecule has 0 aliphatic heterocycles. The lowest BCUT2D eigenvalue weighted by atomic mass is 9.92. The standard InChI is InChI=1S/C25H33BrF2N6O2/c1-2-3-4-5-6-7-8-9-10-22(26)24(35)36-25(14-33-18-29-16-31-33,15-34-19-30-17-32-34)21-12-11-20(27)13-23(21)28/h11-13,16-19,22H,2-10,14-15H2,1H3. The van der Waals surface area contributed by atoms with Crippen molar-refractivity contribution in [3.8, 4) is 0 Å². The van der Waals surface area contributed by atoms with Crippen molar-refractivity contribution in [1.29, 1.82) is 0 Å². The van der Waals surface area contributed by atoms with Gasteiger partial charge in [-0.05, 0) is 18.6 Å². The lowest BCUT2D eigenvalue weighted by molar-refractivity contribution is -0.165. The smallest absolute Gasteiger partial charge is 0.320 e. The Morgan fingerprint density at radius 1 is 0.972 bits per heavy atom. The number of hydrogen-bond acceptors (Lipinski definition) is 6. The van der Waals surface area contributed by atoms with E-state index in [1.165, 1.54) is 72.8 Å². The average Bonchev–Trinajstić information content (AvgIpc) is 3.55. The molecule has 3 rings (SSSR count). The monoisotopic (exact) mass is 566 g/mol. The Labute approximate surface area is 218 Å². The van der Waals surface area contributed by atoms with E-state index in [0.29, 0.717) is 6.42 Å². The van der Waals surface area contributed by atoms with Crippen LogP contribution in [0.3, 0.4) is 0 Å². The predicted molar refractivity (Wildman–Crippen MR) is 134 cm³/mol. The van der Waals surface area contributed by atoms with E-state index in [4.69, 9.17) is 4.74 Å². The number of ether oxygens (including phenoxy) is 1. The van der Waals surface area contributed by atoms with E-state index in [9.17, 15) is 9.18 Å². The third kappa shape index (κ3) is 8.18. The summed E-state index contributed by atoms with van der Waals surface area (Å²) in [5.41, 5.74) is -1.57. The summed E-state index contributed by atoms with van der Waals surface area (Å²) in [6.07, 6.45) is 15.4. The predicted octanol–water partition coefficient (Wildman–Crippen LogP) is 5.58. The zero-order valence-corrected chi connectivity index (χ0v) is 22.1. The van der Waals surface area contributed by atoms with Crippen LogP contribution in [-0.2, 0) is 28.2 Å². The van der Waals surface area contributed by atoms with E-state index in [2.05, 4.69) is 43.0 Å². The van der Waals surface area contributed by atoms with Crippen LogP contribution in [0.5, 0.6) is 0 Å². The lowest BCUT2D eigenvalue weighted by Gasteiger charge is -2.34. The molecule has 11 heteroatoms. The van der Waals surface area contributed by atoms with Gasteiger partial charge in [0.2, 0.25) is 0 Å². The molecule has 0 amide bonds. The second-order valence-corrected chi connectivity index (χ2v) is 10.1. The first kappa shape index (κ1) is 27.9. The van der Waals surface area contributed by atoms with E-state index in [1.54, 1.807) is 0 Å². The van der Waals surface area contributed by atoms with Gasteiger partial charge in [-0.25, -0.2) is 28.1 Å². The molecule has 0 spiro atoms. The minimum atomic E-state index is -1.58. The van der Waals surface area contributed by atoms with Crippen molar-refractivity contribution in [2.24, 2.45) is 0 Å². The highest BCUT2D eigenvalue weighted by Gasteiger charge is 2.42. The molecule has 0 N–H and O–H groups in total. The van der Waals surface area contributed by atoms with Crippen molar-refractivity contribution >= 4 is 21.9 Å². The second kappa shape index (κ2) is 14.2. The van der Waals surface area contributed by atoms with Gasteiger partial charge in [-0.15, -0.1) is 0 Å². The zero-order chi connectivity index (χ0) is 25.8. The number of benzene rings is 1. The minimum absolute atomic E-state index is 0.00929. The number of nitrogens with zero attached hydrogens (tertiary/aromatic N) is 6. The van der Waals surface area contributed by atoms with Gasteiger partial charge >= 0.3 is 5.97 Å². The zero-order valence-electron chi connectivity index (χ0n) is 20.5. The van der Waals surface area contributed by atoms with Crippen LogP contribution in [0.25, 0.3) is 0 Å². The van der Waals surface area contributed by atoms with Crippen LogP contribution < -0.4 is 0 Å². The molecule has 8 nitrogen and oxygen atoms in total. The van der Waals surface area contributed by atoms with Crippen LogP contribution in [0, 0.1) is 11.6 Å². The van der Waals surface area contributed by atoms with Gasteiger partial charge in [-0.1, -0.05) is 74.2 Å². The van der Waals surface area contributed by atoms with Gasteiger partial charge in [0, 0.05) is 11.6 Å². The molecule has 0 radical (unpaired) electrons. The molecule has 2 heterocycles. The van der Waals surface area contributed by atoms with Crippen LogP contribution in [0.4, 0.5) is 8.78 Å². The third-order valence-electron chi connectivity index (χ3n) is 6.05. The Hall–Kier alpha value is -2.69. The number of unbranched alkanes of at least 4 members (excludes halogenated alkanes) is 7. The van der Waals surface area contributed by atoms with Gasteiger partial charge in [-0.3, -0.25) is 4.79 Å². The Balaban J connectivity index is 1.75. The quantitative estimate of drug-likeness (QED) is 0.128. The highest BCUT2D eigenvalue weighted by atomic mass is 79.9. The van der Waals surface area contributed by atoms with Gasteiger partial charge in [0.15, 0.2) is 5.60 Å². The molecule has 0 aliphatic rings. The number of alkyl halides is 1. The highest BCUT2D eigenvalue weighted by molar-refractivity contribution is 9.10. The number of halogens is 3. The van der Waals surface area contributed by atoms with Gasteiger partial charge in [0.25, 0.3) is 0 Å². The van der Waals surface area contributed by atoms with Crippen molar-refractivity contribution in [2.75, 3.05) is 0 Å². The van der Waals surface area contributed by atoms with Crippen molar-refractivity contribution in [2.45, 2.75) is 88.2 Å². The van der Waals surface area contributed by atoms with Crippen molar-refractivity contribution in [1.82, 2.24) is 29.5 Å². The molecule has 2 aromatic heterocycles. The maximum Gasteiger partial charge on any atom is 0.320 e. The van der Waals surface area contributed by atoms with E-state index in [1.807, 2.05) is 0 Å². The molecule has 0 fully saturated rings. The summed E-state index contributed by atoms with van der Waals surface area (Å²) < 4.78 is 37.8. The normalized spacial score (nSPS) is 12.6. The first-order valence-corrected chi connectivity index (χ1v) is 13.3. The van der Waals surface area contributed by atoms with Gasteiger partial charge in [-0.2, -0.15) is 10.2 Å². The topological polar surface area (TPSA) is 87.7 Å². The van der Waals surface area contributed by atoms with Gasteiger partial charge in [0.05, 0.1) is 13.1 Å². The van der Waals surface area contributed by atoms with Gasteiger partial charge < -0.3 is 4.74 Å². The summed E-state index contributed by atoms with van der Waals surface area (Å²) in [4.78, 5) is 20.6. The molecule has 1 aromatic carbocycles. The first-order chi connectivity index (χ1) is 17.4. The molecular weight excluding hydrogens is 534 g/mol. The fraction of sp³-hybridized carbons (Fsp3) is 0.560. The number of esters is 1. The van der Waals surface area contributed by atoms with E-state index < -0.39 is 28.0 Å². The molecule has 1 atom stereocenters. The summed E-state index contributed by atoms with van der Waals surface area (Å²) in [7, 11) is 0. The highest BCUT2D eigenvalue weighted by Crippen LogP contribution is 2.34. The van der Waals surface area contributed by atoms with E-state index >= 15 is 4.39 Å². The number of rotatable bonds is 16. The largest absolute Gasteiger partial charge is 0.449 e. The van der Waals surface area contributed by atoms with Crippen LogP contribution >= 0.6 is 15.9 Å². The molecule has 0 bridgehead atoms. The minimum Gasteiger partial charge on any atom is -0.449 e. The third-order valence-corrected chi connectivity index (χ3v) is 6.88. The Bertz CT molecular complexity index is 1010. The van der Waals surface area contributed by atoms with Crippen molar-refractivity contribution in [3.05, 3.63) is 60.7 Å². The molecule has 0 aliphatic carbocycles. The fourth-order valence-electron chi connectivity index (χ4n) is 4.18. The Morgan fingerprint density at radius 2 is 1.56 bits per heavy atom. The van der Waals surface area contributed by atoms with E-state index in [-0.39, 0.29) is 18.7 Å². The SMILES string of the molecule is CCCCCCCCCCC(Br)C(=O)OC(Cn1cncn1)(Cn1cncn1)c1ccc(F)cc1F. The molecule has 0 saturated heterocycles. The van der Waals surface area contributed by atoms with Crippen LogP contribution in [-0.4, -0.2) is 40.3 Å². The molecule has 1 unspecified atom stereocenters. The maximum atomic E-state index is 15.1. The number of aromatic nitrogens is 6. The number of carbonyl (C=O) groups is 1. The molecule has 0 saturated carbocycles.